The van der Waals surface area contributed by atoms with E-state index in [1.807, 2.05) is 25.1 Å². The Labute approximate surface area is 171 Å². The van der Waals surface area contributed by atoms with Gasteiger partial charge < -0.3 is 20.1 Å². The quantitative estimate of drug-likeness (QED) is 0.856. The molecule has 0 bridgehead atoms. The van der Waals surface area contributed by atoms with Crippen LogP contribution in [0.5, 0.6) is 5.75 Å². The first kappa shape index (κ1) is 19.8. The van der Waals surface area contributed by atoms with Gasteiger partial charge in [-0.05, 0) is 61.8 Å². The summed E-state index contributed by atoms with van der Waals surface area (Å²) in [7, 11) is 3.40. The van der Waals surface area contributed by atoms with Crippen molar-refractivity contribution in [3.8, 4) is 16.9 Å². The molecule has 2 aliphatic rings. The number of methoxy groups -OCH3 is 1. The van der Waals surface area contributed by atoms with Crippen LogP contribution in [0.15, 0.2) is 23.0 Å². The minimum atomic E-state index is -0.129. The van der Waals surface area contributed by atoms with Crippen LogP contribution in [0.4, 0.5) is 11.8 Å². The van der Waals surface area contributed by atoms with Crippen LogP contribution in [0.25, 0.3) is 11.1 Å². The van der Waals surface area contributed by atoms with E-state index in [-0.39, 0.29) is 16.8 Å². The van der Waals surface area contributed by atoms with E-state index in [2.05, 4.69) is 16.8 Å². The topological polar surface area (TPSA) is 82.6 Å². The molecule has 29 heavy (non-hydrogen) atoms. The summed E-state index contributed by atoms with van der Waals surface area (Å²) >= 11 is 0. The Morgan fingerprint density at radius 2 is 2.03 bits per heavy atom. The Balaban J connectivity index is 1.63. The van der Waals surface area contributed by atoms with Crippen LogP contribution < -0.4 is 20.9 Å². The molecule has 2 N–H and O–H groups in total. The van der Waals surface area contributed by atoms with Crippen molar-refractivity contribution in [2.45, 2.75) is 39.2 Å². The molecule has 4 rings (SSSR count). The van der Waals surface area contributed by atoms with Crippen molar-refractivity contribution < 1.29 is 9.47 Å². The molecule has 0 amide bonds. The van der Waals surface area contributed by atoms with E-state index in [0.29, 0.717) is 17.6 Å². The zero-order valence-electron chi connectivity index (χ0n) is 17.7. The second-order valence-electron chi connectivity index (χ2n) is 8.53. The second-order valence-corrected chi connectivity index (χ2v) is 8.53. The average Bonchev–Trinajstić information content (AvgIpc) is 3.06. The standard InChI is InChI=1S/C22H30N4O3/c1-14-11-16(5-6-17(14)28-4)18-19(23)24-21(25(3)20(18)27)26-9-7-22(8-10-26)12-15(2)29-13-22/h5-6,11,15H,7-10,12-13,23H2,1-4H3/t15-/m0/s1. The van der Waals surface area contributed by atoms with Gasteiger partial charge in [0.2, 0.25) is 5.95 Å². The van der Waals surface area contributed by atoms with E-state index in [1.54, 1.807) is 18.7 Å². The number of ether oxygens (including phenoxy) is 2. The van der Waals surface area contributed by atoms with Crippen LogP contribution in [0.3, 0.4) is 0 Å². The molecule has 156 valence electrons. The van der Waals surface area contributed by atoms with E-state index in [0.717, 1.165) is 55.8 Å². The zero-order chi connectivity index (χ0) is 20.8. The van der Waals surface area contributed by atoms with Gasteiger partial charge in [0, 0.05) is 20.1 Å². The Morgan fingerprint density at radius 1 is 1.31 bits per heavy atom. The molecule has 7 nitrogen and oxygen atoms in total. The minimum absolute atomic E-state index is 0.129. The lowest BCUT2D eigenvalue weighted by atomic mass is 9.77. The van der Waals surface area contributed by atoms with Crippen molar-refractivity contribution in [2.75, 3.05) is 37.4 Å². The maximum Gasteiger partial charge on any atom is 0.264 e. The molecule has 0 aliphatic carbocycles. The van der Waals surface area contributed by atoms with Crippen molar-refractivity contribution in [1.82, 2.24) is 9.55 Å². The number of hydrogen-bond donors (Lipinski definition) is 1. The summed E-state index contributed by atoms with van der Waals surface area (Å²) in [6, 6.07) is 5.62. The molecule has 1 aromatic carbocycles. The number of benzene rings is 1. The lowest BCUT2D eigenvalue weighted by molar-refractivity contribution is 0.0974. The van der Waals surface area contributed by atoms with Gasteiger partial charge in [0.05, 0.1) is 25.4 Å². The highest BCUT2D eigenvalue weighted by atomic mass is 16.5. The molecule has 0 radical (unpaired) electrons. The summed E-state index contributed by atoms with van der Waals surface area (Å²) in [6.07, 6.45) is 3.55. The lowest BCUT2D eigenvalue weighted by Gasteiger charge is -2.39. The van der Waals surface area contributed by atoms with E-state index in [1.165, 1.54) is 0 Å². The second kappa shape index (κ2) is 7.37. The summed E-state index contributed by atoms with van der Waals surface area (Å²) in [5, 5.41) is 0. The number of aryl methyl sites for hydroxylation is 1. The van der Waals surface area contributed by atoms with Crippen LogP contribution in [-0.4, -0.2) is 42.5 Å². The number of aromatic nitrogens is 2. The maximum absolute atomic E-state index is 13.2. The highest BCUT2D eigenvalue weighted by Crippen LogP contribution is 2.42. The Kier molecular flexibility index (Phi) is 5.02. The molecule has 2 saturated heterocycles. The van der Waals surface area contributed by atoms with Gasteiger partial charge in [-0.25, -0.2) is 0 Å². The maximum atomic E-state index is 13.2. The van der Waals surface area contributed by atoms with Gasteiger partial charge in [-0.2, -0.15) is 4.98 Å². The molecule has 3 heterocycles. The molecule has 1 spiro atoms. The molecule has 0 saturated carbocycles. The number of piperidine rings is 1. The van der Waals surface area contributed by atoms with Crippen molar-refractivity contribution in [2.24, 2.45) is 12.5 Å². The first-order valence-corrected chi connectivity index (χ1v) is 10.2. The predicted octanol–water partition coefficient (Wildman–Crippen LogP) is 2.74. The summed E-state index contributed by atoms with van der Waals surface area (Å²) in [5.41, 5.74) is 8.58. The highest BCUT2D eigenvalue weighted by molar-refractivity contribution is 5.75. The third kappa shape index (κ3) is 3.48. The molecule has 7 heteroatoms. The molecule has 0 unspecified atom stereocenters. The number of nitrogens with two attached hydrogens (primary N) is 1. The van der Waals surface area contributed by atoms with Gasteiger partial charge in [0.15, 0.2) is 0 Å². The summed E-state index contributed by atoms with van der Waals surface area (Å²) in [6.45, 7) is 6.65. The van der Waals surface area contributed by atoms with Crippen molar-refractivity contribution >= 4 is 11.8 Å². The van der Waals surface area contributed by atoms with Crippen molar-refractivity contribution in [3.05, 3.63) is 34.1 Å². The normalized spacial score (nSPS) is 21.0. The number of hydrogen-bond acceptors (Lipinski definition) is 6. The fraction of sp³-hybridized carbons (Fsp3) is 0.545. The van der Waals surface area contributed by atoms with Crippen molar-refractivity contribution in [1.29, 1.82) is 0 Å². The molecule has 1 aromatic heterocycles. The summed E-state index contributed by atoms with van der Waals surface area (Å²) in [4.78, 5) is 20.0. The van der Waals surface area contributed by atoms with Gasteiger partial charge in [0.25, 0.3) is 5.56 Å². The third-order valence-electron chi connectivity index (χ3n) is 6.48. The lowest BCUT2D eigenvalue weighted by Crippen LogP contribution is -2.43. The third-order valence-corrected chi connectivity index (χ3v) is 6.48. The number of nitrogen functional groups attached to an aromatic ring is 1. The van der Waals surface area contributed by atoms with Gasteiger partial charge in [-0.3, -0.25) is 9.36 Å². The number of nitrogens with zero attached hydrogens (tertiary/aromatic N) is 3. The first-order valence-electron chi connectivity index (χ1n) is 10.2. The smallest absolute Gasteiger partial charge is 0.264 e. The molecule has 1 atom stereocenters. The van der Waals surface area contributed by atoms with Gasteiger partial charge in [0.1, 0.15) is 11.6 Å². The SMILES string of the molecule is COc1ccc(-c2c(N)nc(N3CCC4(CC3)CO[C@@H](C)C4)n(C)c2=O)cc1C. The Hall–Kier alpha value is -2.54. The van der Waals surface area contributed by atoms with Gasteiger partial charge >= 0.3 is 0 Å². The molecular weight excluding hydrogens is 368 g/mol. The summed E-state index contributed by atoms with van der Waals surface area (Å²) < 4.78 is 12.8. The van der Waals surface area contributed by atoms with E-state index in [4.69, 9.17) is 15.2 Å². The van der Waals surface area contributed by atoms with Gasteiger partial charge in [-0.1, -0.05) is 6.07 Å². The molecule has 2 aromatic rings. The Bertz CT molecular complexity index is 977. The van der Waals surface area contributed by atoms with Crippen LogP contribution in [0, 0.1) is 12.3 Å². The highest BCUT2D eigenvalue weighted by Gasteiger charge is 2.41. The van der Waals surface area contributed by atoms with Crippen LogP contribution >= 0.6 is 0 Å². The largest absolute Gasteiger partial charge is 0.496 e. The minimum Gasteiger partial charge on any atom is -0.496 e. The molecule has 2 aliphatic heterocycles. The van der Waals surface area contributed by atoms with Gasteiger partial charge in [-0.15, -0.1) is 0 Å². The predicted molar refractivity (Wildman–Crippen MR) is 115 cm³/mol. The van der Waals surface area contributed by atoms with Crippen LogP contribution in [0.1, 0.15) is 31.7 Å². The fourth-order valence-corrected chi connectivity index (χ4v) is 4.77. The molecule has 2 fully saturated rings. The monoisotopic (exact) mass is 398 g/mol. The number of anilines is 2. The van der Waals surface area contributed by atoms with E-state index < -0.39 is 0 Å². The fourth-order valence-electron chi connectivity index (χ4n) is 4.77. The van der Waals surface area contributed by atoms with Crippen LogP contribution in [-0.2, 0) is 11.8 Å². The van der Waals surface area contributed by atoms with E-state index >= 15 is 0 Å². The average molecular weight is 399 g/mol. The van der Waals surface area contributed by atoms with E-state index in [9.17, 15) is 4.79 Å². The zero-order valence-corrected chi connectivity index (χ0v) is 17.7. The Morgan fingerprint density at radius 3 is 2.62 bits per heavy atom. The van der Waals surface area contributed by atoms with Crippen molar-refractivity contribution in [3.63, 3.8) is 0 Å². The summed E-state index contributed by atoms with van der Waals surface area (Å²) in [5.74, 6) is 1.69. The first-order chi connectivity index (χ1) is 13.8. The number of rotatable bonds is 3. The van der Waals surface area contributed by atoms with Crippen LogP contribution in [0.2, 0.25) is 0 Å². The molecular formula is C22H30N4O3.